The number of hydrogen-bond donors (Lipinski definition) is 0. The number of piperazine rings is 1. The van der Waals surface area contributed by atoms with Crippen LogP contribution in [0.1, 0.15) is 6.42 Å². The molecule has 1 aromatic carbocycles. The molecule has 0 N–H and O–H groups in total. The number of para-hydroxylation sites is 1. The summed E-state index contributed by atoms with van der Waals surface area (Å²) in [5.41, 5.74) is 1.35. The highest BCUT2D eigenvalue weighted by Crippen LogP contribution is 2.38. The van der Waals surface area contributed by atoms with Gasteiger partial charge in [0.25, 0.3) is 0 Å². The molecule has 0 amide bonds. The van der Waals surface area contributed by atoms with Crippen LogP contribution in [0.15, 0.2) is 42.7 Å². The summed E-state index contributed by atoms with van der Waals surface area (Å²) in [5, 5.41) is 0. The molecule has 1 aromatic heterocycles. The minimum atomic E-state index is 0.586. The summed E-state index contributed by atoms with van der Waals surface area (Å²) in [6.45, 7) is 5.43. The Morgan fingerprint density at radius 2 is 1.56 bits per heavy atom. The largest absolute Gasteiger partial charge is 0.378 e. The van der Waals surface area contributed by atoms with E-state index in [-0.39, 0.29) is 0 Å². The van der Waals surface area contributed by atoms with Crippen molar-refractivity contribution in [2.24, 2.45) is 0 Å². The number of benzene rings is 1. The van der Waals surface area contributed by atoms with E-state index in [2.05, 4.69) is 61.1 Å². The molecule has 5 heterocycles. The van der Waals surface area contributed by atoms with Crippen LogP contribution in [-0.4, -0.2) is 61.4 Å². The molecule has 2 bridgehead atoms. The number of morpholine rings is 1. The van der Waals surface area contributed by atoms with E-state index >= 15 is 0 Å². The molecule has 0 spiro atoms. The van der Waals surface area contributed by atoms with E-state index in [1.54, 1.807) is 6.33 Å². The number of ether oxygens (including phenoxy) is 1. The van der Waals surface area contributed by atoms with Gasteiger partial charge in [0.15, 0.2) is 0 Å². The van der Waals surface area contributed by atoms with Crippen LogP contribution in [0.2, 0.25) is 0 Å². The quantitative estimate of drug-likeness (QED) is 0.851. The van der Waals surface area contributed by atoms with Crippen LogP contribution in [-0.2, 0) is 4.74 Å². The van der Waals surface area contributed by atoms with E-state index in [4.69, 9.17) is 4.74 Å². The molecule has 6 heteroatoms. The minimum absolute atomic E-state index is 0.586. The first kappa shape index (κ1) is 15.0. The van der Waals surface area contributed by atoms with Gasteiger partial charge in [0.05, 0.1) is 13.2 Å². The first-order valence-electron chi connectivity index (χ1n) is 9.11. The Kier molecular flexibility index (Phi) is 3.70. The monoisotopic (exact) mass is 337 g/mol. The van der Waals surface area contributed by atoms with Crippen molar-refractivity contribution < 1.29 is 4.74 Å². The van der Waals surface area contributed by atoms with Crippen LogP contribution in [0, 0.1) is 0 Å². The first-order chi connectivity index (χ1) is 12.4. The molecule has 25 heavy (non-hydrogen) atoms. The Hall–Kier alpha value is -2.34. The maximum Gasteiger partial charge on any atom is 0.134 e. The lowest BCUT2D eigenvalue weighted by atomic mass is 9.86. The number of nitrogens with zero attached hydrogens (tertiary/aromatic N) is 5. The SMILES string of the molecule is c1ccc(N2[C@@H]3C[C@H]2CN(c2cc(N4CCOCC4)ncn2)C3)cc1. The smallest absolute Gasteiger partial charge is 0.134 e. The van der Waals surface area contributed by atoms with Crippen molar-refractivity contribution in [1.29, 1.82) is 0 Å². The summed E-state index contributed by atoms with van der Waals surface area (Å²) in [4.78, 5) is 16.3. The molecule has 2 atom stereocenters. The zero-order valence-electron chi connectivity index (χ0n) is 14.3. The van der Waals surface area contributed by atoms with E-state index < -0.39 is 0 Å². The van der Waals surface area contributed by atoms with Gasteiger partial charge in [-0.05, 0) is 18.6 Å². The van der Waals surface area contributed by atoms with Crippen LogP contribution in [0.5, 0.6) is 0 Å². The van der Waals surface area contributed by atoms with Gasteiger partial charge in [-0.25, -0.2) is 9.97 Å². The molecule has 130 valence electrons. The molecule has 0 radical (unpaired) electrons. The molecule has 0 aliphatic carbocycles. The molecular formula is C19H23N5O. The topological polar surface area (TPSA) is 44.7 Å². The molecule has 2 aromatic rings. The van der Waals surface area contributed by atoms with E-state index in [9.17, 15) is 0 Å². The summed E-state index contributed by atoms with van der Waals surface area (Å²) in [5.74, 6) is 2.08. The highest BCUT2D eigenvalue weighted by Gasteiger charge is 2.45. The minimum Gasteiger partial charge on any atom is -0.378 e. The van der Waals surface area contributed by atoms with Crippen LogP contribution in [0.25, 0.3) is 0 Å². The Morgan fingerprint density at radius 3 is 2.28 bits per heavy atom. The highest BCUT2D eigenvalue weighted by molar-refractivity contribution is 5.57. The molecule has 0 unspecified atom stereocenters. The maximum atomic E-state index is 5.44. The Balaban J connectivity index is 1.31. The van der Waals surface area contributed by atoms with Crippen LogP contribution >= 0.6 is 0 Å². The lowest BCUT2D eigenvalue weighted by molar-refractivity contribution is 0.122. The molecule has 4 aliphatic rings. The van der Waals surface area contributed by atoms with Gasteiger partial charge in [-0.1, -0.05) is 18.2 Å². The van der Waals surface area contributed by atoms with Gasteiger partial charge >= 0.3 is 0 Å². The second-order valence-corrected chi connectivity index (χ2v) is 7.02. The van der Waals surface area contributed by atoms with E-state index in [0.717, 1.165) is 51.0 Å². The Morgan fingerprint density at radius 1 is 0.880 bits per heavy atom. The standard InChI is InChI=1S/C19H23N5O/c1-2-4-15(5-3-1)24-16-10-17(24)13-23(12-16)19-11-18(20-14-21-19)22-6-8-25-9-7-22/h1-5,11,14,16-17H,6-10,12-13H2/t16-,17+. The third-order valence-corrected chi connectivity index (χ3v) is 5.54. The Labute approximate surface area is 148 Å². The number of hydrogen-bond acceptors (Lipinski definition) is 6. The van der Waals surface area contributed by atoms with E-state index in [0.29, 0.717) is 12.1 Å². The van der Waals surface area contributed by atoms with Crippen molar-refractivity contribution in [3.63, 3.8) is 0 Å². The molecule has 6 nitrogen and oxygen atoms in total. The summed E-state index contributed by atoms with van der Waals surface area (Å²) < 4.78 is 5.44. The van der Waals surface area contributed by atoms with E-state index in [1.165, 1.54) is 12.1 Å². The predicted molar refractivity (Wildman–Crippen MR) is 98.4 cm³/mol. The normalized spacial score (nSPS) is 25.7. The van der Waals surface area contributed by atoms with Crippen molar-refractivity contribution in [2.75, 3.05) is 54.1 Å². The van der Waals surface area contributed by atoms with Crippen molar-refractivity contribution >= 4 is 17.3 Å². The second-order valence-electron chi connectivity index (χ2n) is 7.02. The third kappa shape index (κ3) is 2.70. The maximum absolute atomic E-state index is 5.44. The van der Waals surface area contributed by atoms with Crippen LogP contribution in [0.3, 0.4) is 0 Å². The zero-order valence-corrected chi connectivity index (χ0v) is 14.3. The number of anilines is 3. The number of aromatic nitrogens is 2. The number of rotatable bonds is 3. The summed E-state index contributed by atoms with van der Waals surface area (Å²) >= 11 is 0. The van der Waals surface area contributed by atoms with Crippen LogP contribution < -0.4 is 14.7 Å². The van der Waals surface area contributed by atoms with Crippen molar-refractivity contribution in [3.05, 3.63) is 42.7 Å². The summed E-state index contributed by atoms with van der Waals surface area (Å²) in [6, 6.07) is 14.1. The van der Waals surface area contributed by atoms with Gasteiger partial charge in [0, 0.05) is 50.0 Å². The fourth-order valence-electron chi connectivity index (χ4n) is 4.29. The molecule has 0 saturated carbocycles. The molecule has 4 fully saturated rings. The number of piperidine rings is 1. The average molecular weight is 337 g/mol. The van der Waals surface area contributed by atoms with Gasteiger partial charge in [0.1, 0.15) is 18.0 Å². The van der Waals surface area contributed by atoms with Gasteiger partial charge in [-0.15, -0.1) is 0 Å². The predicted octanol–water partition coefficient (Wildman–Crippen LogP) is 1.78. The third-order valence-electron chi connectivity index (χ3n) is 5.54. The fourth-order valence-corrected chi connectivity index (χ4v) is 4.29. The Bertz CT molecular complexity index is 722. The molecule has 6 rings (SSSR count). The molecule has 4 aliphatic heterocycles. The lowest BCUT2D eigenvalue weighted by Gasteiger charge is -2.57. The van der Waals surface area contributed by atoms with Crippen molar-refractivity contribution in [2.45, 2.75) is 18.5 Å². The second kappa shape index (κ2) is 6.19. The van der Waals surface area contributed by atoms with Crippen molar-refractivity contribution in [3.8, 4) is 0 Å². The molecular weight excluding hydrogens is 314 g/mol. The highest BCUT2D eigenvalue weighted by atomic mass is 16.5. The van der Waals surface area contributed by atoms with Crippen LogP contribution in [0.4, 0.5) is 17.3 Å². The zero-order chi connectivity index (χ0) is 16.6. The van der Waals surface area contributed by atoms with Gasteiger partial charge in [-0.2, -0.15) is 0 Å². The lowest BCUT2D eigenvalue weighted by Crippen LogP contribution is -2.69. The van der Waals surface area contributed by atoms with Crippen molar-refractivity contribution in [1.82, 2.24) is 9.97 Å². The molecule has 4 saturated heterocycles. The van der Waals surface area contributed by atoms with Gasteiger partial charge in [-0.3, -0.25) is 0 Å². The summed E-state index contributed by atoms with van der Waals surface area (Å²) in [7, 11) is 0. The fraction of sp³-hybridized carbons (Fsp3) is 0.474. The van der Waals surface area contributed by atoms with E-state index in [1.807, 2.05) is 0 Å². The summed E-state index contributed by atoms with van der Waals surface area (Å²) in [6.07, 6.45) is 2.99. The first-order valence-corrected chi connectivity index (χ1v) is 9.11. The average Bonchev–Trinajstić information content (AvgIpc) is 2.70. The van der Waals surface area contributed by atoms with Gasteiger partial charge < -0.3 is 19.4 Å². The number of fused-ring (bicyclic) bond motifs is 2. The van der Waals surface area contributed by atoms with Gasteiger partial charge in [0.2, 0.25) is 0 Å².